The van der Waals surface area contributed by atoms with Crippen LogP contribution in [-0.4, -0.2) is 4.98 Å². The third-order valence-electron chi connectivity index (χ3n) is 3.81. The van der Waals surface area contributed by atoms with Crippen LogP contribution in [0.25, 0.3) is 0 Å². The minimum absolute atomic E-state index is 0.495. The Balaban J connectivity index is 1.90. The molecular weight excluding hydrogens is 426 g/mol. The summed E-state index contributed by atoms with van der Waals surface area (Å²) in [6.07, 6.45) is 0. The maximum atomic E-state index is 9.00. The minimum atomic E-state index is 0.495. The molecule has 1 aromatic heterocycles. The van der Waals surface area contributed by atoms with Crippen molar-refractivity contribution in [2.45, 2.75) is 6.92 Å². The molecule has 2 aromatic carbocycles. The maximum Gasteiger partial charge on any atom is 0.148 e. The predicted molar refractivity (Wildman–Crippen MR) is 111 cm³/mol. The fourth-order valence-electron chi connectivity index (χ4n) is 2.42. The predicted octanol–water partition coefficient (Wildman–Crippen LogP) is 6.04. The highest BCUT2D eigenvalue weighted by Gasteiger charge is 2.11. The van der Waals surface area contributed by atoms with Crippen LogP contribution in [0.1, 0.15) is 16.7 Å². The maximum absolute atomic E-state index is 9.00. The van der Waals surface area contributed by atoms with E-state index in [4.69, 9.17) is 22.1 Å². The molecule has 0 fully saturated rings. The van der Waals surface area contributed by atoms with Gasteiger partial charge in [0.2, 0.25) is 0 Å². The van der Waals surface area contributed by atoms with E-state index in [0.717, 1.165) is 16.9 Å². The van der Waals surface area contributed by atoms with Crippen molar-refractivity contribution in [1.82, 2.24) is 4.98 Å². The van der Waals surface area contributed by atoms with Crippen molar-refractivity contribution in [3.63, 3.8) is 0 Å². The lowest BCUT2D eigenvalue weighted by molar-refractivity contribution is 1.27. The van der Waals surface area contributed by atoms with Crippen LogP contribution < -0.4 is 10.6 Å². The average Bonchev–Trinajstić information content (AvgIpc) is 2.67. The van der Waals surface area contributed by atoms with E-state index in [1.165, 1.54) is 0 Å². The minimum Gasteiger partial charge on any atom is -0.340 e. The molecule has 0 atom stereocenters. The highest BCUT2D eigenvalue weighted by molar-refractivity contribution is 9.10. The van der Waals surface area contributed by atoms with Gasteiger partial charge in [0.15, 0.2) is 0 Å². The number of aryl methyl sites for hydroxylation is 1. The number of nitriles is 2. The van der Waals surface area contributed by atoms with Gasteiger partial charge in [-0.25, -0.2) is 4.98 Å². The zero-order chi connectivity index (χ0) is 19.4. The number of aromatic nitrogens is 1. The zero-order valence-corrected chi connectivity index (χ0v) is 16.6. The van der Waals surface area contributed by atoms with Crippen LogP contribution in [0.5, 0.6) is 0 Å². The number of nitrogens with zero attached hydrogens (tertiary/aromatic N) is 3. The van der Waals surface area contributed by atoms with Crippen LogP contribution in [0.4, 0.5) is 23.0 Å². The van der Waals surface area contributed by atoms with Gasteiger partial charge >= 0.3 is 0 Å². The third-order valence-corrected chi connectivity index (χ3v) is 5.14. The highest BCUT2D eigenvalue weighted by Crippen LogP contribution is 2.34. The summed E-state index contributed by atoms with van der Waals surface area (Å²) in [4.78, 5) is 4.57. The van der Waals surface area contributed by atoms with Crippen LogP contribution in [0, 0.1) is 29.6 Å². The van der Waals surface area contributed by atoms with Gasteiger partial charge in [-0.05, 0) is 70.9 Å². The molecule has 7 heteroatoms. The van der Waals surface area contributed by atoms with Gasteiger partial charge in [0, 0.05) is 17.4 Å². The van der Waals surface area contributed by atoms with Crippen molar-refractivity contribution in [3.8, 4) is 12.1 Å². The third kappa shape index (κ3) is 4.38. The molecule has 0 spiro atoms. The van der Waals surface area contributed by atoms with E-state index in [-0.39, 0.29) is 0 Å². The fourth-order valence-corrected chi connectivity index (χ4v) is 2.92. The van der Waals surface area contributed by atoms with Crippen molar-refractivity contribution < 1.29 is 0 Å². The van der Waals surface area contributed by atoms with Gasteiger partial charge in [0.25, 0.3) is 0 Å². The van der Waals surface area contributed by atoms with Crippen molar-refractivity contribution in [2.24, 2.45) is 0 Å². The van der Waals surface area contributed by atoms with Gasteiger partial charge < -0.3 is 10.6 Å². The van der Waals surface area contributed by atoms with Gasteiger partial charge in [0.1, 0.15) is 11.6 Å². The van der Waals surface area contributed by atoms with Crippen LogP contribution in [0.3, 0.4) is 0 Å². The summed E-state index contributed by atoms with van der Waals surface area (Å²) >= 11 is 9.79. The monoisotopic (exact) mass is 437 g/mol. The Morgan fingerprint density at radius 1 is 0.963 bits per heavy atom. The molecule has 0 amide bonds. The number of hydrogen-bond donors (Lipinski definition) is 2. The first-order valence-electron chi connectivity index (χ1n) is 7.91. The van der Waals surface area contributed by atoms with Gasteiger partial charge in [0.05, 0.1) is 32.8 Å². The summed E-state index contributed by atoms with van der Waals surface area (Å²) in [7, 11) is 0. The molecule has 1 heterocycles. The smallest absolute Gasteiger partial charge is 0.148 e. The molecule has 0 aliphatic carbocycles. The standard InChI is InChI=1S/C20H13BrClN5/c1-12-8-14(11-24)4-7-17(12)26-20-19(21)16(22)9-18(27-20)25-15-5-2-13(10-23)3-6-15/h2-9H,1H3,(H2,25,26,27). The normalized spacial score (nSPS) is 9.96. The molecule has 27 heavy (non-hydrogen) atoms. The Bertz CT molecular complexity index is 1080. The molecule has 132 valence electrons. The molecule has 3 rings (SSSR count). The van der Waals surface area contributed by atoms with Gasteiger partial charge in [-0.3, -0.25) is 0 Å². The largest absolute Gasteiger partial charge is 0.340 e. The summed E-state index contributed by atoms with van der Waals surface area (Å²) in [5.41, 5.74) is 3.72. The number of pyridine rings is 1. The van der Waals surface area contributed by atoms with Gasteiger partial charge in [-0.2, -0.15) is 10.5 Å². The van der Waals surface area contributed by atoms with Crippen LogP contribution in [0.15, 0.2) is 53.0 Å². The van der Waals surface area contributed by atoms with E-state index in [1.54, 1.807) is 42.5 Å². The topological polar surface area (TPSA) is 84.5 Å². The molecule has 0 bridgehead atoms. The summed E-state index contributed by atoms with van der Waals surface area (Å²) < 4.78 is 0.637. The molecule has 0 radical (unpaired) electrons. The summed E-state index contributed by atoms with van der Waals surface area (Å²) in [5, 5.41) is 24.8. The lowest BCUT2D eigenvalue weighted by Gasteiger charge is -2.14. The second-order valence-corrected chi connectivity index (χ2v) is 6.93. The van der Waals surface area contributed by atoms with E-state index in [0.29, 0.717) is 32.3 Å². The van der Waals surface area contributed by atoms with Crippen LogP contribution in [0.2, 0.25) is 5.02 Å². The van der Waals surface area contributed by atoms with Crippen molar-refractivity contribution >= 4 is 50.5 Å². The van der Waals surface area contributed by atoms with Crippen molar-refractivity contribution in [3.05, 3.63) is 74.7 Å². The van der Waals surface area contributed by atoms with E-state index >= 15 is 0 Å². The molecule has 0 unspecified atom stereocenters. The Hall–Kier alpha value is -3.06. The summed E-state index contributed by atoms with van der Waals surface area (Å²) in [6, 6.07) is 18.3. The first-order valence-corrected chi connectivity index (χ1v) is 9.08. The molecule has 3 aromatic rings. The molecule has 0 saturated heterocycles. The molecule has 0 aliphatic rings. The Morgan fingerprint density at radius 2 is 1.63 bits per heavy atom. The second-order valence-electron chi connectivity index (χ2n) is 5.73. The van der Waals surface area contributed by atoms with Crippen LogP contribution >= 0.6 is 27.5 Å². The molecular formula is C20H13BrClN5. The van der Waals surface area contributed by atoms with E-state index in [9.17, 15) is 0 Å². The van der Waals surface area contributed by atoms with Gasteiger partial charge in [-0.1, -0.05) is 11.6 Å². The molecule has 0 saturated carbocycles. The number of benzene rings is 2. The number of halogens is 2. The lowest BCUT2D eigenvalue weighted by atomic mass is 10.1. The van der Waals surface area contributed by atoms with E-state index in [2.05, 4.69) is 43.7 Å². The Labute approximate surface area is 170 Å². The number of rotatable bonds is 4. The highest BCUT2D eigenvalue weighted by atomic mass is 79.9. The van der Waals surface area contributed by atoms with E-state index in [1.807, 2.05) is 13.0 Å². The number of anilines is 4. The molecule has 0 aliphatic heterocycles. The quantitative estimate of drug-likeness (QED) is 0.519. The SMILES string of the molecule is Cc1cc(C#N)ccc1Nc1nc(Nc2ccc(C#N)cc2)cc(Cl)c1Br. The Morgan fingerprint density at radius 3 is 2.26 bits per heavy atom. The van der Waals surface area contributed by atoms with Gasteiger partial charge in [-0.15, -0.1) is 0 Å². The zero-order valence-electron chi connectivity index (χ0n) is 14.2. The van der Waals surface area contributed by atoms with Crippen LogP contribution in [-0.2, 0) is 0 Å². The first kappa shape index (κ1) is 18.7. The number of hydrogen-bond acceptors (Lipinski definition) is 5. The van der Waals surface area contributed by atoms with E-state index < -0.39 is 0 Å². The molecule has 5 nitrogen and oxygen atoms in total. The van der Waals surface area contributed by atoms with Crippen molar-refractivity contribution in [2.75, 3.05) is 10.6 Å². The Kier molecular flexibility index (Phi) is 5.61. The first-order chi connectivity index (χ1) is 13.0. The number of nitrogens with one attached hydrogen (secondary N) is 2. The summed E-state index contributed by atoms with van der Waals surface area (Å²) in [6.45, 7) is 1.91. The second kappa shape index (κ2) is 8.09. The summed E-state index contributed by atoms with van der Waals surface area (Å²) in [5.74, 6) is 1.10. The molecule has 2 N–H and O–H groups in total. The average molecular weight is 439 g/mol. The fraction of sp³-hybridized carbons (Fsp3) is 0.0500. The van der Waals surface area contributed by atoms with Crippen molar-refractivity contribution in [1.29, 1.82) is 10.5 Å². The lowest BCUT2D eigenvalue weighted by Crippen LogP contribution is -2.01.